The highest BCUT2D eigenvalue weighted by atomic mass is 16.5. The Bertz CT molecular complexity index is 863. The Morgan fingerprint density at radius 3 is 2.27 bits per heavy atom. The molecule has 0 spiro atoms. The van der Waals surface area contributed by atoms with Gasteiger partial charge in [0.25, 0.3) is 0 Å². The maximum Gasteiger partial charge on any atom is 0.311 e. The van der Waals surface area contributed by atoms with Crippen molar-refractivity contribution in [1.82, 2.24) is 0 Å². The first-order valence-electron chi connectivity index (χ1n) is 10.9. The zero-order chi connectivity index (χ0) is 21.7. The molecule has 0 unspecified atom stereocenters. The number of rotatable bonds is 7. The SMILES string of the molecule is CCCCc1ccc(N2C[C@H](C(=O)OCc3ccc(C(C)(C)C)cc3)CC2=O)cc1. The highest BCUT2D eigenvalue weighted by Crippen LogP contribution is 2.27. The normalized spacial score (nSPS) is 16.7. The van der Waals surface area contributed by atoms with E-state index in [4.69, 9.17) is 4.74 Å². The molecule has 2 aromatic carbocycles. The van der Waals surface area contributed by atoms with E-state index in [1.54, 1.807) is 4.90 Å². The molecule has 160 valence electrons. The van der Waals surface area contributed by atoms with Crippen LogP contribution in [0.1, 0.15) is 63.6 Å². The standard InChI is InChI=1S/C26H33NO3/c1-5-6-7-19-10-14-23(15-11-19)27-17-21(16-24(27)28)25(29)30-18-20-8-12-22(13-9-20)26(2,3)4/h8-15,21H,5-7,16-18H2,1-4H3/t21-/m1/s1. The summed E-state index contributed by atoms with van der Waals surface area (Å²) in [5.74, 6) is -0.732. The fraction of sp³-hybridized carbons (Fsp3) is 0.462. The number of anilines is 1. The van der Waals surface area contributed by atoms with Crippen LogP contribution in [0, 0.1) is 5.92 Å². The number of benzene rings is 2. The molecule has 1 amide bonds. The highest BCUT2D eigenvalue weighted by molar-refractivity contribution is 5.99. The van der Waals surface area contributed by atoms with E-state index in [1.807, 2.05) is 24.3 Å². The average molecular weight is 408 g/mol. The van der Waals surface area contributed by atoms with Gasteiger partial charge in [0.2, 0.25) is 5.91 Å². The Hall–Kier alpha value is -2.62. The summed E-state index contributed by atoms with van der Waals surface area (Å²) in [6.07, 6.45) is 3.58. The first kappa shape index (κ1) is 22.1. The minimum Gasteiger partial charge on any atom is -0.461 e. The molecule has 1 atom stereocenters. The quantitative estimate of drug-likeness (QED) is 0.576. The second-order valence-corrected chi connectivity index (χ2v) is 9.23. The fourth-order valence-electron chi connectivity index (χ4n) is 3.71. The van der Waals surface area contributed by atoms with Gasteiger partial charge >= 0.3 is 5.97 Å². The Kier molecular flexibility index (Phi) is 6.96. The van der Waals surface area contributed by atoms with Crippen LogP contribution in [0.15, 0.2) is 48.5 Å². The second-order valence-electron chi connectivity index (χ2n) is 9.23. The van der Waals surface area contributed by atoms with Gasteiger partial charge in [-0.1, -0.05) is 70.5 Å². The summed E-state index contributed by atoms with van der Waals surface area (Å²) in [5, 5.41) is 0. The first-order chi connectivity index (χ1) is 14.3. The third kappa shape index (κ3) is 5.50. The molecule has 4 heteroatoms. The van der Waals surface area contributed by atoms with E-state index < -0.39 is 5.92 Å². The number of unbranched alkanes of at least 4 members (excludes halogenated alkanes) is 1. The zero-order valence-corrected chi connectivity index (χ0v) is 18.6. The van der Waals surface area contributed by atoms with E-state index in [1.165, 1.54) is 11.1 Å². The fourth-order valence-corrected chi connectivity index (χ4v) is 3.71. The van der Waals surface area contributed by atoms with Crippen molar-refractivity contribution in [2.24, 2.45) is 5.92 Å². The largest absolute Gasteiger partial charge is 0.461 e. The van der Waals surface area contributed by atoms with E-state index in [0.717, 1.165) is 30.5 Å². The lowest BCUT2D eigenvalue weighted by molar-refractivity contribution is -0.149. The topological polar surface area (TPSA) is 46.6 Å². The molecule has 0 aliphatic carbocycles. The lowest BCUT2D eigenvalue weighted by Gasteiger charge is -2.19. The number of carbonyl (C=O) groups excluding carboxylic acids is 2. The molecule has 0 radical (unpaired) electrons. The van der Waals surface area contributed by atoms with Gasteiger partial charge < -0.3 is 9.64 Å². The molecule has 0 bridgehead atoms. The molecule has 1 fully saturated rings. The molecule has 0 saturated carbocycles. The molecular weight excluding hydrogens is 374 g/mol. The van der Waals surface area contributed by atoms with Crippen molar-refractivity contribution in [2.45, 2.75) is 65.4 Å². The number of nitrogens with zero attached hydrogens (tertiary/aromatic N) is 1. The van der Waals surface area contributed by atoms with Crippen LogP contribution in [0.3, 0.4) is 0 Å². The maximum atomic E-state index is 12.5. The number of hydrogen-bond donors (Lipinski definition) is 0. The summed E-state index contributed by atoms with van der Waals surface area (Å²) in [5.41, 5.74) is 4.43. The maximum absolute atomic E-state index is 12.5. The third-order valence-electron chi connectivity index (χ3n) is 5.73. The molecule has 30 heavy (non-hydrogen) atoms. The molecule has 1 aliphatic rings. The van der Waals surface area contributed by atoms with Crippen LogP contribution in [0.4, 0.5) is 5.69 Å². The van der Waals surface area contributed by atoms with Crippen LogP contribution in [0.5, 0.6) is 0 Å². The van der Waals surface area contributed by atoms with Gasteiger partial charge in [0.1, 0.15) is 6.61 Å². The van der Waals surface area contributed by atoms with E-state index in [-0.39, 0.29) is 30.3 Å². The molecule has 0 N–H and O–H groups in total. The number of carbonyl (C=O) groups is 2. The predicted octanol–water partition coefficient (Wildman–Crippen LogP) is 5.42. The van der Waals surface area contributed by atoms with Crippen molar-refractivity contribution < 1.29 is 14.3 Å². The monoisotopic (exact) mass is 407 g/mol. The molecule has 2 aromatic rings. The Labute approximate surface area is 180 Å². The van der Waals surface area contributed by atoms with Gasteiger partial charge in [0.05, 0.1) is 5.92 Å². The van der Waals surface area contributed by atoms with Gasteiger partial charge in [-0.05, 0) is 47.1 Å². The molecule has 1 heterocycles. The summed E-state index contributed by atoms with van der Waals surface area (Å²) >= 11 is 0. The summed E-state index contributed by atoms with van der Waals surface area (Å²) in [6.45, 7) is 9.31. The Morgan fingerprint density at radius 1 is 1.03 bits per heavy atom. The Balaban J connectivity index is 1.54. The minimum absolute atomic E-state index is 0.0206. The summed E-state index contributed by atoms with van der Waals surface area (Å²) in [6, 6.07) is 16.3. The van der Waals surface area contributed by atoms with Crippen molar-refractivity contribution in [3.05, 3.63) is 65.2 Å². The average Bonchev–Trinajstić information content (AvgIpc) is 3.12. The minimum atomic E-state index is -0.411. The van der Waals surface area contributed by atoms with Gasteiger partial charge in [-0.3, -0.25) is 9.59 Å². The molecule has 3 rings (SSSR count). The zero-order valence-electron chi connectivity index (χ0n) is 18.6. The van der Waals surface area contributed by atoms with Crippen molar-refractivity contribution in [3.63, 3.8) is 0 Å². The Morgan fingerprint density at radius 2 is 1.67 bits per heavy atom. The number of ether oxygens (including phenoxy) is 1. The third-order valence-corrected chi connectivity index (χ3v) is 5.73. The number of aryl methyl sites for hydroxylation is 1. The lowest BCUT2D eigenvalue weighted by atomic mass is 9.87. The van der Waals surface area contributed by atoms with Crippen molar-refractivity contribution in [2.75, 3.05) is 11.4 Å². The smallest absolute Gasteiger partial charge is 0.311 e. The summed E-state index contributed by atoms with van der Waals surface area (Å²) in [4.78, 5) is 26.7. The highest BCUT2D eigenvalue weighted by Gasteiger charge is 2.36. The predicted molar refractivity (Wildman–Crippen MR) is 120 cm³/mol. The van der Waals surface area contributed by atoms with Gasteiger partial charge in [-0.2, -0.15) is 0 Å². The van der Waals surface area contributed by atoms with E-state index in [2.05, 4.69) is 52.0 Å². The van der Waals surface area contributed by atoms with Gasteiger partial charge in [0, 0.05) is 18.7 Å². The van der Waals surface area contributed by atoms with Crippen molar-refractivity contribution in [1.29, 1.82) is 0 Å². The molecule has 4 nitrogen and oxygen atoms in total. The van der Waals surface area contributed by atoms with Crippen molar-refractivity contribution >= 4 is 17.6 Å². The van der Waals surface area contributed by atoms with Crippen LogP contribution in [0.2, 0.25) is 0 Å². The molecule has 1 saturated heterocycles. The van der Waals surface area contributed by atoms with Gasteiger partial charge in [0.15, 0.2) is 0 Å². The number of hydrogen-bond acceptors (Lipinski definition) is 3. The van der Waals surface area contributed by atoms with E-state index >= 15 is 0 Å². The summed E-state index contributed by atoms with van der Waals surface area (Å²) in [7, 11) is 0. The first-order valence-corrected chi connectivity index (χ1v) is 10.9. The van der Waals surface area contributed by atoms with Crippen LogP contribution in [-0.4, -0.2) is 18.4 Å². The van der Waals surface area contributed by atoms with E-state index in [0.29, 0.717) is 6.54 Å². The molecule has 0 aromatic heterocycles. The van der Waals surface area contributed by atoms with Crippen molar-refractivity contribution in [3.8, 4) is 0 Å². The molecular formula is C26H33NO3. The number of esters is 1. The second kappa shape index (κ2) is 9.46. The molecule has 1 aliphatic heterocycles. The van der Waals surface area contributed by atoms with Crippen LogP contribution < -0.4 is 4.90 Å². The lowest BCUT2D eigenvalue weighted by Crippen LogP contribution is -2.26. The van der Waals surface area contributed by atoms with Crippen LogP contribution in [-0.2, 0) is 32.8 Å². The van der Waals surface area contributed by atoms with Crippen LogP contribution >= 0.6 is 0 Å². The summed E-state index contributed by atoms with van der Waals surface area (Å²) < 4.78 is 5.52. The van der Waals surface area contributed by atoms with Gasteiger partial charge in [-0.15, -0.1) is 0 Å². The van der Waals surface area contributed by atoms with Crippen LogP contribution in [0.25, 0.3) is 0 Å². The number of amides is 1. The van der Waals surface area contributed by atoms with Gasteiger partial charge in [-0.25, -0.2) is 0 Å². The van der Waals surface area contributed by atoms with E-state index in [9.17, 15) is 9.59 Å².